The van der Waals surface area contributed by atoms with Crippen molar-refractivity contribution < 1.29 is 9.47 Å². The number of hydrogen-bond acceptors (Lipinski definition) is 3. The van der Waals surface area contributed by atoms with Crippen molar-refractivity contribution in [2.24, 2.45) is 0 Å². The predicted molar refractivity (Wildman–Crippen MR) is 50.2 cm³/mol. The average molecular weight is 175 g/mol. The molecule has 0 aliphatic heterocycles. The highest BCUT2D eigenvalue weighted by molar-refractivity contribution is 4.59. The Kier molecular flexibility index (Phi) is 7.45. The van der Waals surface area contributed by atoms with Gasteiger partial charge in [-0.05, 0) is 27.8 Å². The van der Waals surface area contributed by atoms with Crippen LogP contribution in [0.25, 0.3) is 0 Å². The van der Waals surface area contributed by atoms with E-state index in [0.29, 0.717) is 19.3 Å². The van der Waals surface area contributed by atoms with Gasteiger partial charge in [0.1, 0.15) is 0 Å². The van der Waals surface area contributed by atoms with Gasteiger partial charge < -0.3 is 14.8 Å². The third-order valence-corrected chi connectivity index (χ3v) is 1.74. The number of rotatable bonds is 7. The van der Waals surface area contributed by atoms with Crippen LogP contribution < -0.4 is 5.32 Å². The molecule has 74 valence electrons. The molecule has 0 amide bonds. The Morgan fingerprint density at radius 1 is 1.17 bits per heavy atom. The molecule has 0 rings (SSSR count). The molecule has 1 atom stereocenters. The molecule has 0 radical (unpaired) electrons. The van der Waals surface area contributed by atoms with Gasteiger partial charge in [0.25, 0.3) is 0 Å². The van der Waals surface area contributed by atoms with Crippen molar-refractivity contribution in [2.75, 3.05) is 20.3 Å². The summed E-state index contributed by atoms with van der Waals surface area (Å²) in [5.41, 5.74) is 0. The molecule has 0 aliphatic rings. The quantitative estimate of drug-likeness (QED) is 0.593. The first-order chi connectivity index (χ1) is 5.74. The summed E-state index contributed by atoms with van der Waals surface area (Å²) >= 11 is 0. The van der Waals surface area contributed by atoms with Gasteiger partial charge in [-0.1, -0.05) is 0 Å². The lowest BCUT2D eigenvalue weighted by Gasteiger charge is -2.20. The van der Waals surface area contributed by atoms with Gasteiger partial charge in [0, 0.05) is 25.7 Å². The fraction of sp³-hybridized carbons (Fsp3) is 1.00. The summed E-state index contributed by atoms with van der Waals surface area (Å²) in [4.78, 5) is 0. The van der Waals surface area contributed by atoms with Gasteiger partial charge in [0.05, 0.1) is 0 Å². The van der Waals surface area contributed by atoms with E-state index >= 15 is 0 Å². The van der Waals surface area contributed by atoms with E-state index in [0.717, 1.165) is 6.42 Å². The second-order valence-corrected chi connectivity index (χ2v) is 2.77. The third-order valence-electron chi connectivity index (χ3n) is 1.74. The Morgan fingerprint density at radius 3 is 2.00 bits per heavy atom. The molecule has 0 heterocycles. The Hall–Kier alpha value is -0.120. The zero-order chi connectivity index (χ0) is 9.40. The van der Waals surface area contributed by atoms with Crippen molar-refractivity contribution in [3.63, 3.8) is 0 Å². The van der Waals surface area contributed by atoms with Crippen LogP contribution in [0.3, 0.4) is 0 Å². The molecule has 0 aliphatic carbocycles. The molecule has 0 aromatic carbocycles. The second-order valence-electron chi connectivity index (χ2n) is 2.77. The Balaban J connectivity index is 3.61. The highest BCUT2D eigenvalue weighted by Gasteiger charge is 2.11. The van der Waals surface area contributed by atoms with Crippen LogP contribution in [0, 0.1) is 0 Å². The summed E-state index contributed by atoms with van der Waals surface area (Å²) in [7, 11) is 1.94. The lowest BCUT2D eigenvalue weighted by atomic mass is 10.2. The molecule has 0 bridgehead atoms. The molecule has 0 aromatic heterocycles. The van der Waals surface area contributed by atoms with Crippen LogP contribution >= 0.6 is 0 Å². The molecular formula is C9H21NO2. The lowest BCUT2D eigenvalue weighted by molar-refractivity contribution is -0.142. The van der Waals surface area contributed by atoms with Crippen LogP contribution in [-0.2, 0) is 9.47 Å². The summed E-state index contributed by atoms with van der Waals surface area (Å²) in [6.45, 7) is 7.50. The van der Waals surface area contributed by atoms with E-state index in [-0.39, 0.29) is 6.29 Å². The maximum atomic E-state index is 5.39. The SMILES string of the molecule is CCOC(CC(C)NC)OCC. The molecule has 1 unspecified atom stereocenters. The fourth-order valence-corrected chi connectivity index (χ4v) is 0.963. The number of hydrogen-bond donors (Lipinski definition) is 1. The maximum absolute atomic E-state index is 5.39. The zero-order valence-corrected chi connectivity index (χ0v) is 8.59. The molecule has 0 saturated heterocycles. The summed E-state index contributed by atoms with van der Waals surface area (Å²) in [5, 5.41) is 3.15. The van der Waals surface area contributed by atoms with E-state index < -0.39 is 0 Å². The van der Waals surface area contributed by atoms with Crippen molar-refractivity contribution in [3.05, 3.63) is 0 Å². The Bertz CT molecular complexity index is 92.5. The smallest absolute Gasteiger partial charge is 0.159 e. The van der Waals surface area contributed by atoms with E-state index in [2.05, 4.69) is 12.2 Å². The Labute approximate surface area is 75.4 Å². The van der Waals surface area contributed by atoms with Gasteiger partial charge in [0.2, 0.25) is 0 Å². The van der Waals surface area contributed by atoms with E-state index in [9.17, 15) is 0 Å². The summed E-state index contributed by atoms with van der Waals surface area (Å²) in [5.74, 6) is 0. The van der Waals surface area contributed by atoms with E-state index in [1.54, 1.807) is 0 Å². The summed E-state index contributed by atoms with van der Waals surface area (Å²) in [6, 6.07) is 0.438. The molecular weight excluding hydrogens is 154 g/mol. The molecule has 0 aromatic rings. The van der Waals surface area contributed by atoms with Gasteiger partial charge in [-0.25, -0.2) is 0 Å². The van der Waals surface area contributed by atoms with Crippen LogP contribution in [0.5, 0.6) is 0 Å². The van der Waals surface area contributed by atoms with Crippen molar-refractivity contribution in [3.8, 4) is 0 Å². The topological polar surface area (TPSA) is 30.5 Å². The first kappa shape index (κ1) is 11.9. The largest absolute Gasteiger partial charge is 0.353 e. The minimum Gasteiger partial charge on any atom is -0.353 e. The summed E-state index contributed by atoms with van der Waals surface area (Å²) < 4.78 is 10.8. The van der Waals surface area contributed by atoms with Gasteiger partial charge in [-0.3, -0.25) is 0 Å². The molecule has 0 spiro atoms. The fourth-order valence-electron chi connectivity index (χ4n) is 0.963. The highest BCUT2D eigenvalue weighted by atomic mass is 16.7. The molecule has 1 N–H and O–H groups in total. The second kappa shape index (κ2) is 7.53. The lowest BCUT2D eigenvalue weighted by Crippen LogP contribution is -2.29. The molecule has 0 fully saturated rings. The number of ether oxygens (including phenoxy) is 2. The third kappa shape index (κ3) is 5.52. The van der Waals surface area contributed by atoms with Gasteiger partial charge >= 0.3 is 0 Å². The molecule has 3 nitrogen and oxygen atoms in total. The minimum absolute atomic E-state index is 0.0533. The molecule has 12 heavy (non-hydrogen) atoms. The first-order valence-electron chi connectivity index (χ1n) is 4.65. The first-order valence-corrected chi connectivity index (χ1v) is 4.65. The van der Waals surface area contributed by atoms with E-state index in [4.69, 9.17) is 9.47 Å². The number of nitrogens with one attached hydrogen (secondary N) is 1. The van der Waals surface area contributed by atoms with Gasteiger partial charge in [-0.2, -0.15) is 0 Å². The van der Waals surface area contributed by atoms with Gasteiger partial charge in [0.15, 0.2) is 6.29 Å². The minimum atomic E-state index is -0.0533. The van der Waals surface area contributed by atoms with E-state index in [1.807, 2.05) is 20.9 Å². The standard InChI is InChI=1S/C9H21NO2/c1-5-11-9(12-6-2)7-8(3)10-4/h8-10H,5-7H2,1-4H3. The van der Waals surface area contributed by atoms with Crippen molar-refractivity contribution in [1.29, 1.82) is 0 Å². The van der Waals surface area contributed by atoms with Gasteiger partial charge in [-0.15, -0.1) is 0 Å². The Morgan fingerprint density at radius 2 is 1.67 bits per heavy atom. The maximum Gasteiger partial charge on any atom is 0.159 e. The summed E-state index contributed by atoms with van der Waals surface area (Å²) in [6.07, 6.45) is 0.848. The molecule has 0 saturated carbocycles. The van der Waals surface area contributed by atoms with Crippen molar-refractivity contribution >= 4 is 0 Å². The van der Waals surface area contributed by atoms with Crippen molar-refractivity contribution in [1.82, 2.24) is 5.32 Å². The monoisotopic (exact) mass is 175 g/mol. The van der Waals surface area contributed by atoms with Crippen LogP contribution in [-0.4, -0.2) is 32.6 Å². The normalized spacial score (nSPS) is 13.8. The highest BCUT2D eigenvalue weighted by Crippen LogP contribution is 2.04. The van der Waals surface area contributed by atoms with Crippen LogP contribution in [0.15, 0.2) is 0 Å². The van der Waals surface area contributed by atoms with Crippen LogP contribution in [0.2, 0.25) is 0 Å². The van der Waals surface area contributed by atoms with Crippen LogP contribution in [0.4, 0.5) is 0 Å². The van der Waals surface area contributed by atoms with Crippen molar-refractivity contribution in [2.45, 2.75) is 39.5 Å². The zero-order valence-electron chi connectivity index (χ0n) is 8.59. The molecule has 3 heteroatoms. The predicted octanol–water partition coefficient (Wildman–Crippen LogP) is 1.38. The van der Waals surface area contributed by atoms with E-state index in [1.165, 1.54) is 0 Å². The average Bonchev–Trinajstić information content (AvgIpc) is 2.05. The van der Waals surface area contributed by atoms with Crippen LogP contribution in [0.1, 0.15) is 27.2 Å².